The molecule has 1 aromatic carbocycles. The molecule has 30 heavy (non-hydrogen) atoms. The fourth-order valence-corrected chi connectivity index (χ4v) is 5.59. The van der Waals surface area contributed by atoms with Crippen LogP contribution in [0.1, 0.15) is 30.3 Å². The van der Waals surface area contributed by atoms with Gasteiger partial charge in [-0.15, -0.1) is 11.3 Å². The van der Waals surface area contributed by atoms with Gasteiger partial charge < -0.3 is 4.74 Å². The minimum atomic E-state index is -0.580. The number of carbonyl (C=O) groups excluding carboxylic acids is 1. The first-order valence-electron chi connectivity index (χ1n) is 9.08. The zero-order valence-electron chi connectivity index (χ0n) is 16.0. The van der Waals surface area contributed by atoms with E-state index in [2.05, 4.69) is 4.99 Å². The predicted molar refractivity (Wildman–Crippen MR) is 121 cm³/mol. The Morgan fingerprint density at radius 1 is 1.33 bits per heavy atom. The molecule has 3 heterocycles. The topological polar surface area (TPSA) is 60.7 Å². The number of thiophene rings is 1. The third kappa shape index (κ3) is 3.78. The number of carbonyl (C=O) groups is 1. The summed E-state index contributed by atoms with van der Waals surface area (Å²) in [7, 11) is 0. The van der Waals surface area contributed by atoms with Crippen molar-refractivity contribution in [2.24, 2.45) is 4.99 Å². The van der Waals surface area contributed by atoms with E-state index >= 15 is 0 Å². The van der Waals surface area contributed by atoms with Gasteiger partial charge in [0.1, 0.15) is 6.04 Å². The molecule has 0 fully saturated rings. The minimum Gasteiger partial charge on any atom is -0.463 e. The van der Waals surface area contributed by atoms with E-state index in [0.29, 0.717) is 36.2 Å². The second-order valence-electron chi connectivity index (χ2n) is 6.48. The zero-order valence-corrected chi connectivity index (χ0v) is 19.2. The molecule has 1 aliphatic heterocycles. The summed E-state index contributed by atoms with van der Waals surface area (Å²) in [5.41, 5.74) is 1.37. The predicted octanol–water partition coefficient (Wildman–Crippen LogP) is 4.17. The van der Waals surface area contributed by atoms with Crippen LogP contribution in [0.25, 0.3) is 6.08 Å². The van der Waals surface area contributed by atoms with Crippen LogP contribution >= 0.6 is 45.9 Å². The van der Waals surface area contributed by atoms with Crippen molar-refractivity contribution in [2.45, 2.75) is 19.9 Å². The van der Waals surface area contributed by atoms with E-state index in [4.69, 9.17) is 27.9 Å². The largest absolute Gasteiger partial charge is 0.463 e. The molecule has 0 saturated carbocycles. The SMILES string of the molecule is CCOC(=O)C1=C(C)N=c2s/c(=C/c3ccc(Cl)cc3Cl)c(=O)n2C1c1cccs1. The Morgan fingerprint density at radius 3 is 2.80 bits per heavy atom. The second kappa shape index (κ2) is 8.51. The zero-order chi connectivity index (χ0) is 21.4. The highest BCUT2D eigenvalue weighted by atomic mass is 35.5. The van der Waals surface area contributed by atoms with E-state index in [1.807, 2.05) is 17.5 Å². The number of allylic oxidation sites excluding steroid dienone is 1. The van der Waals surface area contributed by atoms with Gasteiger partial charge in [-0.1, -0.05) is 46.7 Å². The lowest BCUT2D eigenvalue weighted by Crippen LogP contribution is -2.39. The number of hydrogen-bond acceptors (Lipinski definition) is 6. The van der Waals surface area contributed by atoms with Crippen molar-refractivity contribution >= 4 is 57.9 Å². The Balaban J connectivity index is 1.95. The molecule has 0 spiro atoms. The van der Waals surface area contributed by atoms with Gasteiger partial charge in [0, 0.05) is 14.9 Å². The van der Waals surface area contributed by atoms with Gasteiger partial charge >= 0.3 is 5.97 Å². The minimum absolute atomic E-state index is 0.238. The summed E-state index contributed by atoms with van der Waals surface area (Å²) in [6.07, 6.45) is 1.72. The molecule has 1 atom stereocenters. The van der Waals surface area contributed by atoms with E-state index in [9.17, 15) is 9.59 Å². The van der Waals surface area contributed by atoms with Crippen molar-refractivity contribution in [3.63, 3.8) is 0 Å². The Labute approximate surface area is 190 Å². The number of rotatable bonds is 4. The first kappa shape index (κ1) is 21.1. The lowest BCUT2D eigenvalue weighted by Gasteiger charge is -2.23. The van der Waals surface area contributed by atoms with Gasteiger partial charge in [-0.05, 0) is 49.1 Å². The van der Waals surface area contributed by atoms with Crippen LogP contribution in [0.15, 0.2) is 56.8 Å². The van der Waals surface area contributed by atoms with Gasteiger partial charge in [0.25, 0.3) is 5.56 Å². The Morgan fingerprint density at radius 2 is 2.13 bits per heavy atom. The van der Waals surface area contributed by atoms with Crippen LogP contribution in [0.5, 0.6) is 0 Å². The molecule has 0 saturated heterocycles. The highest BCUT2D eigenvalue weighted by Gasteiger charge is 2.33. The molecule has 0 amide bonds. The van der Waals surface area contributed by atoms with Gasteiger partial charge in [0.2, 0.25) is 0 Å². The molecule has 9 heteroatoms. The Bertz CT molecular complexity index is 1340. The molecule has 0 bridgehead atoms. The van der Waals surface area contributed by atoms with Gasteiger partial charge in [-0.25, -0.2) is 9.79 Å². The molecule has 5 nitrogen and oxygen atoms in total. The summed E-state index contributed by atoms with van der Waals surface area (Å²) < 4.78 is 7.29. The van der Waals surface area contributed by atoms with Crippen LogP contribution in [0.3, 0.4) is 0 Å². The van der Waals surface area contributed by atoms with Crippen molar-refractivity contribution in [3.8, 4) is 0 Å². The van der Waals surface area contributed by atoms with Crippen LogP contribution in [-0.4, -0.2) is 17.1 Å². The molecule has 2 aromatic heterocycles. The molecule has 0 N–H and O–H groups in total. The summed E-state index contributed by atoms with van der Waals surface area (Å²) in [6, 6.07) is 8.32. The lowest BCUT2D eigenvalue weighted by atomic mass is 10.0. The van der Waals surface area contributed by atoms with Crippen LogP contribution in [-0.2, 0) is 9.53 Å². The molecule has 4 rings (SSSR count). The highest BCUT2D eigenvalue weighted by molar-refractivity contribution is 7.10. The number of halogens is 2. The van der Waals surface area contributed by atoms with Crippen LogP contribution in [0, 0.1) is 0 Å². The van der Waals surface area contributed by atoms with Crippen LogP contribution in [0.4, 0.5) is 0 Å². The first-order valence-corrected chi connectivity index (χ1v) is 11.5. The fraction of sp³-hybridized carbons (Fsp3) is 0.190. The first-order chi connectivity index (χ1) is 14.4. The Hall–Kier alpha value is -2.19. The lowest BCUT2D eigenvalue weighted by molar-refractivity contribution is -0.139. The number of hydrogen-bond donors (Lipinski definition) is 0. The van der Waals surface area contributed by atoms with Crippen molar-refractivity contribution in [1.82, 2.24) is 4.57 Å². The maximum atomic E-state index is 13.4. The summed E-state index contributed by atoms with van der Waals surface area (Å²) in [5.74, 6) is -0.466. The summed E-state index contributed by atoms with van der Waals surface area (Å²) in [5, 5.41) is 2.88. The van der Waals surface area contributed by atoms with E-state index in [-0.39, 0.29) is 12.2 Å². The summed E-state index contributed by atoms with van der Waals surface area (Å²) >= 11 is 15.0. The number of fused-ring (bicyclic) bond motifs is 1. The van der Waals surface area contributed by atoms with E-state index in [1.165, 1.54) is 22.7 Å². The average molecular weight is 479 g/mol. The number of esters is 1. The highest BCUT2D eigenvalue weighted by Crippen LogP contribution is 2.33. The van der Waals surface area contributed by atoms with Crippen LogP contribution < -0.4 is 14.9 Å². The third-order valence-corrected chi connectivity index (χ3v) is 7.05. The summed E-state index contributed by atoms with van der Waals surface area (Å²) in [4.78, 5) is 32.0. The van der Waals surface area contributed by atoms with Crippen LogP contribution in [0.2, 0.25) is 10.0 Å². The van der Waals surface area contributed by atoms with E-state index in [0.717, 1.165) is 4.88 Å². The summed E-state index contributed by atoms with van der Waals surface area (Å²) in [6.45, 7) is 3.76. The maximum Gasteiger partial charge on any atom is 0.338 e. The van der Waals surface area contributed by atoms with Gasteiger partial charge in [-0.2, -0.15) is 0 Å². The molecular weight excluding hydrogens is 463 g/mol. The number of nitrogens with zero attached hydrogens (tertiary/aromatic N) is 2. The smallest absolute Gasteiger partial charge is 0.338 e. The standard InChI is InChI=1S/C21H16Cl2N2O3S2/c1-3-28-20(27)17-11(2)24-21-25(18(17)15-5-4-8-29-15)19(26)16(30-21)9-12-6-7-13(22)10-14(12)23/h4-10,18H,3H2,1-2H3/b16-9+. The fourth-order valence-electron chi connectivity index (χ4n) is 3.27. The van der Waals surface area contributed by atoms with Gasteiger partial charge in [0.05, 0.1) is 22.4 Å². The molecule has 1 unspecified atom stereocenters. The Kier molecular flexibility index (Phi) is 5.97. The second-order valence-corrected chi connectivity index (χ2v) is 9.32. The van der Waals surface area contributed by atoms with E-state index < -0.39 is 12.0 Å². The monoisotopic (exact) mass is 478 g/mol. The molecular formula is C21H16Cl2N2O3S2. The van der Waals surface area contributed by atoms with Crippen molar-refractivity contribution in [1.29, 1.82) is 0 Å². The van der Waals surface area contributed by atoms with Crippen molar-refractivity contribution in [3.05, 3.63) is 87.2 Å². The van der Waals surface area contributed by atoms with Gasteiger partial charge in [0.15, 0.2) is 4.80 Å². The quantitative estimate of drug-likeness (QED) is 0.528. The molecule has 154 valence electrons. The number of ether oxygens (including phenoxy) is 1. The molecule has 0 radical (unpaired) electrons. The van der Waals surface area contributed by atoms with Crippen molar-refractivity contribution in [2.75, 3.05) is 6.61 Å². The average Bonchev–Trinajstić information content (AvgIpc) is 3.32. The van der Waals surface area contributed by atoms with Crippen molar-refractivity contribution < 1.29 is 9.53 Å². The number of benzene rings is 1. The normalized spacial score (nSPS) is 16.4. The molecule has 0 aliphatic carbocycles. The van der Waals surface area contributed by atoms with Gasteiger partial charge in [-0.3, -0.25) is 9.36 Å². The number of aromatic nitrogens is 1. The van der Waals surface area contributed by atoms with E-state index in [1.54, 1.807) is 42.7 Å². The maximum absolute atomic E-state index is 13.4. The molecule has 3 aromatic rings. The number of thiazole rings is 1. The third-order valence-electron chi connectivity index (χ3n) is 4.58. The molecule has 1 aliphatic rings.